The van der Waals surface area contributed by atoms with Gasteiger partial charge in [0, 0.05) is 29.4 Å². The Bertz CT molecular complexity index is 482. The molecule has 4 bridgehead atoms. The van der Waals surface area contributed by atoms with Crippen molar-refractivity contribution < 1.29 is 9.47 Å². The Balaban J connectivity index is 1.61. The largest absolute Gasteiger partial charge is 0.497 e. The molecule has 3 nitrogen and oxygen atoms in total. The van der Waals surface area contributed by atoms with E-state index >= 15 is 0 Å². The summed E-state index contributed by atoms with van der Waals surface area (Å²) in [5, 5.41) is 3.88. The summed E-state index contributed by atoms with van der Waals surface area (Å²) in [5.74, 6) is 4.59. The standard InChI is InChI=1S/C18H25NO2/c1-20-16-6-15(7-17(8-16)21-2)19-18-9-12-3-13(10-18)5-14(4-12)11-18/h6-8,12-14,19H,3-5,9-11H2,1-2H3. The fourth-order valence-electron chi connectivity index (χ4n) is 5.45. The highest BCUT2D eigenvalue weighted by Gasteiger charge is 2.50. The second kappa shape index (κ2) is 4.82. The summed E-state index contributed by atoms with van der Waals surface area (Å²) in [7, 11) is 3.42. The molecule has 4 saturated carbocycles. The smallest absolute Gasteiger partial charge is 0.124 e. The highest BCUT2D eigenvalue weighted by molar-refractivity contribution is 5.55. The van der Waals surface area contributed by atoms with Crippen LogP contribution in [0.3, 0.4) is 0 Å². The molecule has 0 heterocycles. The molecule has 21 heavy (non-hydrogen) atoms. The molecule has 0 amide bonds. The van der Waals surface area contributed by atoms with Crippen LogP contribution in [0.1, 0.15) is 38.5 Å². The third kappa shape index (κ3) is 2.37. The summed E-state index contributed by atoms with van der Waals surface area (Å²) >= 11 is 0. The molecule has 0 aliphatic heterocycles. The minimum absolute atomic E-state index is 0.326. The van der Waals surface area contributed by atoms with Gasteiger partial charge >= 0.3 is 0 Å². The lowest BCUT2D eigenvalue weighted by Crippen LogP contribution is -2.54. The topological polar surface area (TPSA) is 30.5 Å². The van der Waals surface area contributed by atoms with Crippen molar-refractivity contribution in [3.63, 3.8) is 0 Å². The SMILES string of the molecule is COc1cc(NC23CC4CC(CC(C4)C2)C3)cc(OC)c1. The molecule has 0 radical (unpaired) electrons. The maximum Gasteiger partial charge on any atom is 0.124 e. The predicted octanol–water partition coefficient (Wildman–Crippen LogP) is 4.08. The van der Waals surface area contributed by atoms with Gasteiger partial charge in [-0.1, -0.05) is 0 Å². The summed E-state index contributed by atoms with van der Waals surface area (Å²) in [5.41, 5.74) is 1.47. The van der Waals surface area contributed by atoms with Crippen LogP contribution in [0.15, 0.2) is 18.2 Å². The number of rotatable bonds is 4. The van der Waals surface area contributed by atoms with Gasteiger partial charge in [0.15, 0.2) is 0 Å². The van der Waals surface area contributed by atoms with Crippen molar-refractivity contribution in [1.29, 1.82) is 0 Å². The van der Waals surface area contributed by atoms with E-state index in [1.165, 1.54) is 38.5 Å². The Kier molecular flexibility index (Phi) is 3.05. The van der Waals surface area contributed by atoms with Crippen LogP contribution in [0.4, 0.5) is 5.69 Å². The zero-order valence-corrected chi connectivity index (χ0v) is 13.0. The predicted molar refractivity (Wildman–Crippen MR) is 84.1 cm³/mol. The average Bonchev–Trinajstić information content (AvgIpc) is 2.44. The van der Waals surface area contributed by atoms with E-state index in [0.29, 0.717) is 5.54 Å². The van der Waals surface area contributed by atoms with Crippen molar-refractivity contribution in [2.24, 2.45) is 17.8 Å². The van der Waals surface area contributed by atoms with E-state index in [-0.39, 0.29) is 0 Å². The first-order chi connectivity index (χ1) is 10.2. The molecule has 0 unspecified atom stereocenters. The number of benzene rings is 1. The average molecular weight is 287 g/mol. The first-order valence-corrected chi connectivity index (χ1v) is 8.19. The second-order valence-electron chi connectivity index (χ2n) is 7.42. The summed E-state index contributed by atoms with van der Waals surface area (Å²) in [6, 6.07) is 6.13. The number of hydrogen-bond acceptors (Lipinski definition) is 3. The maximum absolute atomic E-state index is 5.40. The Morgan fingerprint density at radius 3 is 1.76 bits per heavy atom. The molecule has 3 heteroatoms. The van der Waals surface area contributed by atoms with Gasteiger partial charge < -0.3 is 14.8 Å². The quantitative estimate of drug-likeness (QED) is 0.905. The van der Waals surface area contributed by atoms with Gasteiger partial charge in [0.25, 0.3) is 0 Å². The fourth-order valence-corrected chi connectivity index (χ4v) is 5.45. The minimum Gasteiger partial charge on any atom is -0.497 e. The van der Waals surface area contributed by atoms with Gasteiger partial charge in [-0.3, -0.25) is 0 Å². The van der Waals surface area contributed by atoms with Crippen LogP contribution < -0.4 is 14.8 Å². The Hall–Kier alpha value is -1.38. The van der Waals surface area contributed by atoms with Gasteiger partial charge in [0.2, 0.25) is 0 Å². The van der Waals surface area contributed by atoms with Crippen LogP contribution >= 0.6 is 0 Å². The van der Waals surface area contributed by atoms with E-state index in [9.17, 15) is 0 Å². The lowest BCUT2D eigenvalue weighted by atomic mass is 9.53. The third-order valence-corrected chi connectivity index (χ3v) is 5.80. The molecule has 4 aliphatic carbocycles. The van der Waals surface area contributed by atoms with Gasteiger partial charge in [-0.05, 0) is 56.3 Å². The van der Waals surface area contributed by atoms with E-state index in [2.05, 4.69) is 17.4 Å². The normalized spacial score (nSPS) is 36.6. The van der Waals surface area contributed by atoms with E-state index in [1.807, 2.05) is 6.07 Å². The Labute approximate surface area is 127 Å². The van der Waals surface area contributed by atoms with Gasteiger partial charge in [0.05, 0.1) is 14.2 Å². The number of anilines is 1. The molecular weight excluding hydrogens is 262 g/mol. The molecule has 0 aromatic heterocycles. The van der Waals surface area contributed by atoms with Crippen molar-refractivity contribution in [2.75, 3.05) is 19.5 Å². The minimum atomic E-state index is 0.326. The number of nitrogens with one attached hydrogen (secondary N) is 1. The van der Waals surface area contributed by atoms with Crippen LogP contribution in [0.2, 0.25) is 0 Å². The lowest BCUT2D eigenvalue weighted by Gasteiger charge is -2.57. The molecule has 114 valence electrons. The summed E-state index contributed by atoms with van der Waals surface area (Å²) in [4.78, 5) is 0. The molecule has 4 aliphatic rings. The number of ether oxygens (including phenoxy) is 2. The third-order valence-electron chi connectivity index (χ3n) is 5.80. The second-order valence-corrected chi connectivity index (χ2v) is 7.42. The summed E-state index contributed by atoms with van der Waals surface area (Å²) in [6.07, 6.45) is 8.46. The van der Waals surface area contributed by atoms with Gasteiger partial charge in [-0.2, -0.15) is 0 Å². The lowest BCUT2D eigenvalue weighted by molar-refractivity contribution is 0.0107. The van der Waals surface area contributed by atoms with Gasteiger partial charge in [-0.25, -0.2) is 0 Å². The van der Waals surface area contributed by atoms with Crippen molar-refractivity contribution >= 4 is 5.69 Å². The Morgan fingerprint density at radius 1 is 0.857 bits per heavy atom. The van der Waals surface area contributed by atoms with E-state index < -0.39 is 0 Å². The van der Waals surface area contributed by atoms with E-state index in [4.69, 9.17) is 9.47 Å². The van der Waals surface area contributed by atoms with Crippen LogP contribution in [0, 0.1) is 17.8 Å². The van der Waals surface area contributed by atoms with Crippen molar-refractivity contribution in [1.82, 2.24) is 0 Å². The molecule has 0 spiro atoms. The zero-order chi connectivity index (χ0) is 14.4. The van der Waals surface area contributed by atoms with Crippen molar-refractivity contribution in [3.05, 3.63) is 18.2 Å². The molecular formula is C18H25NO2. The first kappa shape index (κ1) is 13.3. The highest BCUT2D eigenvalue weighted by Crippen LogP contribution is 2.56. The van der Waals surface area contributed by atoms with Crippen LogP contribution in [-0.2, 0) is 0 Å². The first-order valence-electron chi connectivity index (χ1n) is 8.19. The van der Waals surface area contributed by atoms with Gasteiger partial charge in [-0.15, -0.1) is 0 Å². The molecule has 4 fully saturated rings. The Morgan fingerprint density at radius 2 is 1.33 bits per heavy atom. The molecule has 1 N–H and O–H groups in total. The van der Waals surface area contributed by atoms with Crippen molar-refractivity contribution in [2.45, 2.75) is 44.1 Å². The molecule has 5 rings (SSSR count). The van der Waals surface area contributed by atoms with Gasteiger partial charge in [0.1, 0.15) is 11.5 Å². The summed E-state index contributed by atoms with van der Waals surface area (Å²) < 4.78 is 10.8. The number of methoxy groups -OCH3 is 2. The van der Waals surface area contributed by atoms with E-state index in [1.54, 1.807) is 14.2 Å². The van der Waals surface area contributed by atoms with Crippen LogP contribution in [-0.4, -0.2) is 19.8 Å². The molecule has 0 atom stereocenters. The summed E-state index contributed by atoms with van der Waals surface area (Å²) in [6.45, 7) is 0. The molecule has 1 aromatic rings. The maximum atomic E-state index is 5.40. The number of hydrogen-bond donors (Lipinski definition) is 1. The van der Waals surface area contributed by atoms with Crippen LogP contribution in [0.5, 0.6) is 11.5 Å². The zero-order valence-electron chi connectivity index (χ0n) is 13.0. The monoisotopic (exact) mass is 287 g/mol. The molecule has 0 saturated heterocycles. The van der Waals surface area contributed by atoms with E-state index in [0.717, 1.165) is 34.9 Å². The highest BCUT2D eigenvalue weighted by atomic mass is 16.5. The van der Waals surface area contributed by atoms with Crippen LogP contribution in [0.25, 0.3) is 0 Å². The van der Waals surface area contributed by atoms with Crippen molar-refractivity contribution in [3.8, 4) is 11.5 Å². The fraction of sp³-hybridized carbons (Fsp3) is 0.667. The molecule has 1 aromatic carbocycles.